The molecule has 0 aromatic heterocycles. The molecule has 0 unspecified atom stereocenters. The van der Waals surface area contributed by atoms with E-state index in [0.29, 0.717) is 35.9 Å². The number of aliphatic hydroxyl groups is 1. The molecule has 1 aliphatic heterocycles. The lowest BCUT2D eigenvalue weighted by Gasteiger charge is -2.44. The Labute approximate surface area is 117 Å². The maximum absolute atomic E-state index is 12.4. The first-order chi connectivity index (χ1) is 9.41. The minimum atomic E-state index is -0.806. The topological polar surface area (TPSA) is 68.2 Å². The fraction of sp³-hybridized carbons (Fsp3) is 0.500. The Balaban J connectivity index is 2.33. The number of rotatable bonds is 4. The summed E-state index contributed by atoms with van der Waals surface area (Å²) >= 11 is 0. The average molecular weight is 281 g/mol. The molecule has 1 amide bonds. The van der Waals surface area contributed by atoms with Crippen molar-refractivity contribution in [2.24, 2.45) is 0 Å². The van der Waals surface area contributed by atoms with E-state index in [1.807, 2.05) is 0 Å². The zero-order chi connectivity index (χ0) is 14.9. The molecule has 1 fully saturated rings. The third kappa shape index (κ3) is 2.51. The summed E-state index contributed by atoms with van der Waals surface area (Å²) in [4.78, 5) is 14.0. The van der Waals surface area contributed by atoms with Gasteiger partial charge in [0.15, 0.2) is 11.5 Å². The smallest absolute Gasteiger partial charge is 0.257 e. The van der Waals surface area contributed by atoms with Crippen molar-refractivity contribution in [3.8, 4) is 17.2 Å². The van der Waals surface area contributed by atoms with Crippen LogP contribution in [0, 0.1) is 0 Å². The van der Waals surface area contributed by atoms with Crippen LogP contribution in [0.2, 0.25) is 0 Å². The second kappa shape index (κ2) is 5.20. The van der Waals surface area contributed by atoms with Gasteiger partial charge in [0.1, 0.15) is 5.75 Å². The summed E-state index contributed by atoms with van der Waals surface area (Å²) in [6.45, 7) is 2.31. The molecule has 0 atom stereocenters. The summed E-state index contributed by atoms with van der Waals surface area (Å²) < 4.78 is 15.6. The van der Waals surface area contributed by atoms with Gasteiger partial charge in [0.2, 0.25) is 0 Å². The van der Waals surface area contributed by atoms with Gasteiger partial charge in [-0.15, -0.1) is 0 Å². The normalized spacial score (nSPS) is 16.4. The molecule has 6 nitrogen and oxygen atoms in total. The average Bonchev–Trinajstić information content (AvgIpc) is 2.42. The highest BCUT2D eigenvalue weighted by Gasteiger charge is 2.40. The number of likely N-dealkylation sites (tertiary alicyclic amines) is 1. The molecule has 20 heavy (non-hydrogen) atoms. The lowest BCUT2D eigenvalue weighted by molar-refractivity contribution is -0.0669. The van der Waals surface area contributed by atoms with Gasteiger partial charge in [-0.2, -0.15) is 0 Å². The van der Waals surface area contributed by atoms with Crippen LogP contribution in [0.3, 0.4) is 0 Å². The standard InChI is InChI=1S/C14H19NO5/c1-14(17)7-15(8-14)13(16)9-5-11(19-3)12(20-4)6-10(9)18-2/h5-6,17H,7-8H2,1-4H3. The van der Waals surface area contributed by atoms with E-state index >= 15 is 0 Å². The second-order valence-electron chi connectivity index (χ2n) is 5.07. The molecule has 0 radical (unpaired) electrons. The zero-order valence-corrected chi connectivity index (χ0v) is 12.1. The summed E-state index contributed by atoms with van der Waals surface area (Å²) in [5.74, 6) is 1.17. The molecule has 1 saturated heterocycles. The van der Waals surface area contributed by atoms with E-state index in [9.17, 15) is 9.90 Å². The fourth-order valence-electron chi connectivity index (χ4n) is 2.29. The van der Waals surface area contributed by atoms with Crippen LogP contribution < -0.4 is 14.2 Å². The van der Waals surface area contributed by atoms with E-state index in [2.05, 4.69) is 0 Å². The van der Waals surface area contributed by atoms with Crippen molar-refractivity contribution in [1.29, 1.82) is 0 Å². The molecule has 110 valence electrons. The Kier molecular flexibility index (Phi) is 3.76. The molecule has 1 aliphatic rings. The van der Waals surface area contributed by atoms with Gasteiger partial charge in [0.05, 0.1) is 45.6 Å². The Morgan fingerprint density at radius 1 is 1.10 bits per heavy atom. The van der Waals surface area contributed by atoms with Gasteiger partial charge in [0.25, 0.3) is 5.91 Å². The van der Waals surface area contributed by atoms with Crippen LogP contribution in [-0.4, -0.2) is 55.9 Å². The van der Waals surface area contributed by atoms with E-state index in [1.54, 1.807) is 24.0 Å². The van der Waals surface area contributed by atoms with Gasteiger partial charge in [-0.25, -0.2) is 0 Å². The molecule has 6 heteroatoms. The summed E-state index contributed by atoms with van der Waals surface area (Å²) in [5.41, 5.74) is -0.417. The van der Waals surface area contributed by atoms with Gasteiger partial charge in [-0.1, -0.05) is 0 Å². The predicted molar refractivity (Wildman–Crippen MR) is 72.6 cm³/mol. The first kappa shape index (κ1) is 14.5. The minimum Gasteiger partial charge on any atom is -0.496 e. The third-order valence-corrected chi connectivity index (χ3v) is 3.29. The summed E-state index contributed by atoms with van der Waals surface area (Å²) in [7, 11) is 4.52. The maximum Gasteiger partial charge on any atom is 0.257 e. The van der Waals surface area contributed by atoms with Gasteiger partial charge in [-0.05, 0) is 6.92 Å². The van der Waals surface area contributed by atoms with Gasteiger partial charge < -0.3 is 24.2 Å². The Morgan fingerprint density at radius 3 is 2.05 bits per heavy atom. The molecular weight excluding hydrogens is 262 g/mol. The molecule has 0 spiro atoms. The Morgan fingerprint density at radius 2 is 1.60 bits per heavy atom. The van der Waals surface area contributed by atoms with Gasteiger partial charge >= 0.3 is 0 Å². The first-order valence-electron chi connectivity index (χ1n) is 6.23. The van der Waals surface area contributed by atoms with Crippen LogP contribution in [0.15, 0.2) is 12.1 Å². The van der Waals surface area contributed by atoms with E-state index in [1.165, 1.54) is 21.3 Å². The molecule has 0 saturated carbocycles. The number of hydrogen-bond acceptors (Lipinski definition) is 5. The largest absolute Gasteiger partial charge is 0.496 e. The Bertz CT molecular complexity index is 519. The van der Waals surface area contributed by atoms with Crippen molar-refractivity contribution >= 4 is 5.91 Å². The molecule has 1 aromatic rings. The fourth-order valence-corrected chi connectivity index (χ4v) is 2.29. The van der Waals surface area contributed by atoms with Crippen LogP contribution in [0.4, 0.5) is 0 Å². The van der Waals surface area contributed by atoms with E-state index < -0.39 is 5.60 Å². The zero-order valence-electron chi connectivity index (χ0n) is 12.1. The molecule has 0 aliphatic carbocycles. The van der Waals surface area contributed by atoms with Crippen molar-refractivity contribution in [2.45, 2.75) is 12.5 Å². The van der Waals surface area contributed by atoms with Crippen molar-refractivity contribution in [2.75, 3.05) is 34.4 Å². The summed E-state index contributed by atoms with van der Waals surface area (Å²) in [6, 6.07) is 3.21. The lowest BCUT2D eigenvalue weighted by Crippen LogP contribution is -2.61. The van der Waals surface area contributed by atoms with Crippen molar-refractivity contribution < 1.29 is 24.1 Å². The quantitative estimate of drug-likeness (QED) is 0.889. The number of ether oxygens (including phenoxy) is 3. The third-order valence-electron chi connectivity index (χ3n) is 3.29. The molecule has 1 heterocycles. The summed E-state index contributed by atoms with van der Waals surface area (Å²) in [6.07, 6.45) is 0. The second-order valence-corrected chi connectivity index (χ2v) is 5.07. The molecule has 0 bridgehead atoms. The minimum absolute atomic E-state index is 0.200. The monoisotopic (exact) mass is 281 g/mol. The number of hydrogen-bond donors (Lipinski definition) is 1. The van der Waals surface area contributed by atoms with Gasteiger partial charge in [0, 0.05) is 12.1 Å². The number of benzene rings is 1. The predicted octanol–water partition coefficient (Wildman–Crippen LogP) is 0.919. The van der Waals surface area contributed by atoms with Crippen LogP contribution in [0.5, 0.6) is 17.2 Å². The highest BCUT2D eigenvalue weighted by atomic mass is 16.5. The Hall–Kier alpha value is -1.95. The van der Waals surface area contributed by atoms with E-state index in [4.69, 9.17) is 14.2 Å². The maximum atomic E-state index is 12.4. The number of β-amino-alcohol motifs (C(OH)–C–C–N with tert-alkyl or cyclic N) is 1. The van der Waals surface area contributed by atoms with Gasteiger partial charge in [-0.3, -0.25) is 4.79 Å². The van der Waals surface area contributed by atoms with Crippen LogP contribution >= 0.6 is 0 Å². The van der Waals surface area contributed by atoms with Crippen LogP contribution in [-0.2, 0) is 0 Å². The molecular formula is C14H19NO5. The first-order valence-corrected chi connectivity index (χ1v) is 6.23. The number of carbonyl (C=O) groups is 1. The number of methoxy groups -OCH3 is 3. The van der Waals surface area contributed by atoms with E-state index in [-0.39, 0.29) is 5.91 Å². The van der Waals surface area contributed by atoms with Crippen molar-refractivity contribution in [3.05, 3.63) is 17.7 Å². The highest BCUT2D eigenvalue weighted by Crippen LogP contribution is 2.36. The lowest BCUT2D eigenvalue weighted by atomic mass is 9.95. The van der Waals surface area contributed by atoms with Crippen molar-refractivity contribution in [3.63, 3.8) is 0 Å². The van der Waals surface area contributed by atoms with E-state index in [0.717, 1.165) is 0 Å². The number of amides is 1. The van der Waals surface area contributed by atoms with Crippen LogP contribution in [0.25, 0.3) is 0 Å². The van der Waals surface area contributed by atoms with Crippen LogP contribution in [0.1, 0.15) is 17.3 Å². The molecule has 1 N–H and O–H groups in total. The SMILES string of the molecule is COc1cc(OC)c(C(=O)N2CC(C)(O)C2)cc1OC. The molecule has 2 rings (SSSR count). The number of nitrogens with zero attached hydrogens (tertiary/aromatic N) is 1. The summed E-state index contributed by atoms with van der Waals surface area (Å²) in [5, 5.41) is 9.72. The van der Waals surface area contributed by atoms with Crippen molar-refractivity contribution in [1.82, 2.24) is 4.90 Å². The number of carbonyl (C=O) groups excluding carboxylic acids is 1. The molecule has 1 aromatic carbocycles. The highest BCUT2D eigenvalue weighted by molar-refractivity contribution is 5.98.